The zero-order valence-electron chi connectivity index (χ0n) is 13.7. The normalized spacial score (nSPS) is 17.3. The minimum atomic E-state index is 0.0362. The molecule has 1 aromatic heterocycles. The van der Waals surface area contributed by atoms with Gasteiger partial charge in [0.25, 0.3) is 5.91 Å². The Balaban J connectivity index is 1.96. The molecule has 0 aliphatic carbocycles. The number of benzene rings is 1. The summed E-state index contributed by atoms with van der Waals surface area (Å²) in [6, 6.07) is 7.80. The van der Waals surface area contributed by atoms with Crippen LogP contribution in [0.3, 0.4) is 0 Å². The van der Waals surface area contributed by atoms with Gasteiger partial charge < -0.3 is 14.4 Å². The lowest BCUT2D eigenvalue weighted by Gasteiger charge is -2.26. The quantitative estimate of drug-likeness (QED) is 0.848. The van der Waals surface area contributed by atoms with Crippen LogP contribution in [0.15, 0.2) is 29.6 Å². The first kappa shape index (κ1) is 15.9. The maximum Gasteiger partial charge on any atom is 0.264 e. The summed E-state index contributed by atoms with van der Waals surface area (Å²) in [5, 5.41) is 1.97. The lowest BCUT2D eigenvalue weighted by Crippen LogP contribution is -2.30. The predicted molar refractivity (Wildman–Crippen MR) is 91.6 cm³/mol. The van der Waals surface area contributed by atoms with Crippen molar-refractivity contribution < 1.29 is 14.3 Å². The summed E-state index contributed by atoms with van der Waals surface area (Å²) in [6.45, 7) is 2.77. The van der Waals surface area contributed by atoms with Gasteiger partial charge in [0.1, 0.15) is 11.5 Å². The number of hydrogen-bond donors (Lipinski definition) is 0. The first-order chi connectivity index (χ1) is 11.2. The number of nitrogens with zero attached hydrogens (tertiary/aromatic N) is 1. The molecule has 2 aromatic rings. The van der Waals surface area contributed by atoms with E-state index >= 15 is 0 Å². The van der Waals surface area contributed by atoms with Crippen LogP contribution in [0.2, 0.25) is 0 Å². The number of aryl methyl sites for hydroxylation is 1. The van der Waals surface area contributed by atoms with Gasteiger partial charge in [0.15, 0.2) is 0 Å². The molecule has 2 heterocycles. The van der Waals surface area contributed by atoms with E-state index in [0.29, 0.717) is 0 Å². The van der Waals surface area contributed by atoms with E-state index in [2.05, 4.69) is 0 Å². The van der Waals surface area contributed by atoms with Crippen molar-refractivity contribution >= 4 is 17.2 Å². The van der Waals surface area contributed by atoms with Crippen LogP contribution in [0.4, 0.5) is 0 Å². The number of likely N-dealkylation sites (tertiary alicyclic amines) is 1. The number of hydrogen-bond acceptors (Lipinski definition) is 4. The summed E-state index contributed by atoms with van der Waals surface area (Å²) < 4.78 is 10.9. The van der Waals surface area contributed by atoms with Gasteiger partial charge in [-0.2, -0.15) is 0 Å². The number of carbonyl (C=O) groups is 1. The van der Waals surface area contributed by atoms with Gasteiger partial charge in [-0.15, -0.1) is 11.3 Å². The van der Waals surface area contributed by atoms with Gasteiger partial charge in [0, 0.05) is 12.1 Å². The molecule has 0 saturated carbocycles. The van der Waals surface area contributed by atoms with Gasteiger partial charge >= 0.3 is 0 Å². The molecule has 1 fully saturated rings. The van der Waals surface area contributed by atoms with Crippen LogP contribution in [-0.2, 0) is 0 Å². The SMILES string of the molecule is COc1ccc(OC)c(C2CCCN2C(=O)c2sccc2C)c1. The Kier molecular flexibility index (Phi) is 4.57. The van der Waals surface area contributed by atoms with Crippen molar-refractivity contribution in [2.75, 3.05) is 20.8 Å². The molecule has 1 amide bonds. The van der Waals surface area contributed by atoms with Crippen molar-refractivity contribution in [3.05, 3.63) is 45.6 Å². The number of rotatable bonds is 4. The largest absolute Gasteiger partial charge is 0.497 e. The van der Waals surface area contributed by atoms with E-state index in [-0.39, 0.29) is 11.9 Å². The van der Waals surface area contributed by atoms with E-state index in [1.54, 1.807) is 14.2 Å². The highest BCUT2D eigenvalue weighted by atomic mass is 32.1. The van der Waals surface area contributed by atoms with Gasteiger partial charge in [0.05, 0.1) is 25.1 Å². The fraction of sp³-hybridized carbons (Fsp3) is 0.389. The van der Waals surface area contributed by atoms with Gasteiger partial charge in [-0.3, -0.25) is 4.79 Å². The van der Waals surface area contributed by atoms with Crippen LogP contribution in [0.5, 0.6) is 11.5 Å². The molecule has 1 saturated heterocycles. The molecule has 1 atom stereocenters. The van der Waals surface area contributed by atoms with E-state index in [1.165, 1.54) is 11.3 Å². The van der Waals surface area contributed by atoms with E-state index in [0.717, 1.165) is 46.9 Å². The predicted octanol–water partition coefficient (Wildman–Crippen LogP) is 4.05. The number of ether oxygens (including phenoxy) is 2. The molecule has 1 aliphatic heterocycles. The van der Waals surface area contributed by atoms with Crippen molar-refractivity contribution in [1.29, 1.82) is 0 Å². The zero-order chi connectivity index (χ0) is 16.4. The van der Waals surface area contributed by atoms with Crippen LogP contribution in [-0.4, -0.2) is 31.6 Å². The zero-order valence-corrected chi connectivity index (χ0v) is 14.5. The third-order valence-corrected chi connectivity index (χ3v) is 5.37. The first-order valence-corrected chi connectivity index (χ1v) is 8.60. The molecule has 0 radical (unpaired) electrons. The highest BCUT2D eigenvalue weighted by molar-refractivity contribution is 7.12. The Bertz CT molecular complexity index is 710. The average molecular weight is 331 g/mol. The second-order valence-corrected chi connectivity index (χ2v) is 6.61. The van der Waals surface area contributed by atoms with Gasteiger partial charge in [-0.25, -0.2) is 0 Å². The second-order valence-electron chi connectivity index (χ2n) is 5.70. The molecule has 5 heteroatoms. The minimum Gasteiger partial charge on any atom is -0.497 e. The van der Waals surface area contributed by atoms with Crippen LogP contribution in [0.1, 0.15) is 39.7 Å². The maximum atomic E-state index is 12.9. The smallest absolute Gasteiger partial charge is 0.264 e. The van der Waals surface area contributed by atoms with E-state index in [1.807, 2.05) is 41.5 Å². The summed E-state index contributed by atoms with van der Waals surface area (Å²) in [5.41, 5.74) is 2.06. The highest BCUT2D eigenvalue weighted by Crippen LogP contribution is 2.40. The molecule has 1 unspecified atom stereocenters. The average Bonchev–Trinajstić information content (AvgIpc) is 3.22. The fourth-order valence-corrected chi connectivity index (χ4v) is 4.04. The van der Waals surface area contributed by atoms with E-state index in [9.17, 15) is 4.79 Å². The number of amides is 1. The van der Waals surface area contributed by atoms with E-state index < -0.39 is 0 Å². The molecule has 0 spiro atoms. The molecular weight excluding hydrogens is 310 g/mol. The summed E-state index contributed by atoms with van der Waals surface area (Å²) in [7, 11) is 3.31. The number of carbonyl (C=O) groups excluding carboxylic acids is 1. The lowest BCUT2D eigenvalue weighted by molar-refractivity contribution is 0.0738. The van der Waals surface area contributed by atoms with Crippen LogP contribution in [0, 0.1) is 6.92 Å². The number of thiophene rings is 1. The van der Waals surface area contributed by atoms with Crippen LogP contribution in [0.25, 0.3) is 0 Å². The Morgan fingerprint density at radius 2 is 2.09 bits per heavy atom. The van der Waals surface area contributed by atoms with Gasteiger partial charge in [-0.1, -0.05) is 0 Å². The minimum absolute atomic E-state index is 0.0362. The summed E-state index contributed by atoms with van der Waals surface area (Å²) in [6.07, 6.45) is 1.95. The molecule has 1 aromatic carbocycles. The fourth-order valence-electron chi connectivity index (χ4n) is 3.16. The van der Waals surface area contributed by atoms with E-state index in [4.69, 9.17) is 9.47 Å². The molecular formula is C18H21NO3S. The highest BCUT2D eigenvalue weighted by Gasteiger charge is 2.33. The lowest BCUT2D eigenvalue weighted by atomic mass is 10.0. The molecule has 3 rings (SSSR count). The monoisotopic (exact) mass is 331 g/mol. The van der Waals surface area contributed by atoms with Gasteiger partial charge in [-0.05, 0) is 55.0 Å². The molecule has 4 nitrogen and oxygen atoms in total. The van der Waals surface area contributed by atoms with Crippen molar-refractivity contribution in [3.63, 3.8) is 0 Å². The summed E-state index contributed by atoms with van der Waals surface area (Å²) in [5.74, 6) is 1.70. The van der Waals surface area contributed by atoms with Crippen LogP contribution < -0.4 is 9.47 Å². The Morgan fingerprint density at radius 3 is 2.74 bits per heavy atom. The standard InChI is InChI=1S/C18H21NO3S/c1-12-8-10-23-17(12)18(20)19-9-4-5-15(19)14-11-13(21-2)6-7-16(14)22-3/h6-8,10-11,15H,4-5,9H2,1-3H3. The Morgan fingerprint density at radius 1 is 1.26 bits per heavy atom. The summed E-state index contributed by atoms with van der Waals surface area (Å²) in [4.78, 5) is 15.7. The molecule has 23 heavy (non-hydrogen) atoms. The van der Waals surface area contributed by atoms with Crippen molar-refractivity contribution in [2.24, 2.45) is 0 Å². The number of methoxy groups -OCH3 is 2. The Labute approximate surface area is 140 Å². The van der Waals surface area contributed by atoms with Crippen molar-refractivity contribution in [2.45, 2.75) is 25.8 Å². The third kappa shape index (κ3) is 2.93. The third-order valence-electron chi connectivity index (χ3n) is 4.37. The van der Waals surface area contributed by atoms with Crippen molar-refractivity contribution in [1.82, 2.24) is 4.90 Å². The second kappa shape index (κ2) is 6.62. The molecule has 1 aliphatic rings. The molecule has 122 valence electrons. The maximum absolute atomic E-state index is 12.9. The first-order valence-electron chi connectivity index (χ1n) is 7.72. The van der Waals surface area contributed by atoms with Gasteiger partial charge in [0.2, 0.25) is 0 Å². The topological polar surface area (TPSA) is 38.8 Å². The van der Waals surface area contributed by atoms with Crippen molar-refractivity contribution in [3.8, 4) is 11.5 Å². The summed E-state index contributed by atoms with van der Waals surface area (Å²) >= 11 is 1.51. The molecule has 0 N–H and O–H groups in total. The Hall–Kier alpha value is -2.01. The van der Waals surface area contributed by atoms with Crippen LogP contribution >= 0.6 is 11.3 Å². The molecule has 0 bridgehead atoms.